The van der Waals surface area contributed by atoms with E-state index >= 15 is 0 Å². The van der Waals surface area contributed by atoms with Gasteiger partial charge in [-0.15, -0.1) is 0 Å². The fraction of sp³-hybridized carbons (Fsp3) is 0.115. The van der Waals surface area contributed by atoms with Crippen LogP contribution in [-0.4, -0.2) is 0 Å². The van der Waals surface area contributed by atoms with Crippen LogP contribution in [0.5, 0.6) is 0 Å². The SMILES string of the molecule is CC(C)(C)c1ccc2c(c1)C(C)(C)c1ccc(-c3ccc(N(c4ccc(-c5cccc6c5oc5ccccc56)cc4)c4cccc(-c5cccc6c5oc5ccccc56)c4)cc3)cc1-2. The monoisotopic (exact) mass is 825 g/mol. The average molecular weight is 826 g/mol. The van der Waals surface area contributed by atoms with E-state index in [1.54, 1.807) is 0 Å². The van der Waals surface area contributed by atoms with E-state index < -0.39 is 0 Å². The number of anilines is 3. The van der Waals surface area contributed by atoms with Crippen LogP contribution in [0.25, 0.3) is 88.4 Å². The minimum atomic E-state index is -0.0621. The van der Waals surface area contributed by atoms with Crippen LogP contribution in [-0.2, 0) is 10.8 Å². The Labute approximate surface area is 373 Å². The molecule has 308 valence electrons. The minimum absolute atomic E-state index is 0.0621. The molecule has 64 heavy (non-hydrogen) atoms. The largest absolute Gasteiger partial charge is 0.455 e. The first-order valence-corrected chi connectivity index (χ1v) is 22.3. The molecule has 0 aliphatic heterocycles. The zero-order valence-electron chi connectivity index (χ0n) is 36.7. The quantitative estimate of drug-likeness (QED) is 0.167. The van der Waals surface area contributed by atoms with Crippen LogP contribution >= 0.6 is 0 Å². The van der Waals surface area contributed by atoms with Crippen LogP contribution in [0.2, 0.25) is 0 Å². The summed E-state index contributed by atoms with van der Waals surface area (Å²) < 4.78 is 13.0. The maximum absolute atomic E-state index is 6.52. The van der Waals surface area contributed by atoms with Crippen molar-refractivity contribution < 1.29 is 8.83 Å². The van der Waals surface area contributed by atoms with Crippen molar-refractivity contribution in [2.24, 2.45) is 0 Å². The normalized spacial score (nSPS) is 13.2. The molecule has 2 heterocycles. The molecule has 0 radical (unpaired) electrons. The molecule has 9 aromatic carbocycles. The lowest BCUT2D eigenvalue weighted by molar-refractivity contribution is 0.584. The second-order valence-corrected chi connectivity index (χ2v) is 18.9. The second-order valence-electron chi connectivity index (χ2n) is 18.9. The fourth-order valence-corrected chi connectivity index (χ4v) is 10.2. The minimum Gasteiger partial charge on any atom is -0.455 e. The smallest absolute Gasteiger partial charge is 0.143 e. The number of para-hydroxylation sites is 4. The highest BCUT2D eigenvalue weighted by Crippen LogP contribution is 2.51. The van der Waals surface area contributed by atoms with Gasteiger partial charge in [0, 0.05) is 55.1 Å². The summed E-state index contributed by atoms with van der Waals surface area (Å²) in [5.41, 5.74) is 20.4. The first-order chi connectivity index (χ1) is 31.1. The van der Waals surface area contributed by atoms with E-state index in [4.69, 9.17) is 8.83 Å². The summed E-state index contributed by atoms with van der Waals surface area (Å²) in [7, 11) is 0. The molecule has 0 fully saturated rings. The zero-order valence-corrected chi connectivity index (χ0v) is 36.7. The number of furan rings is 2. The molecule has 2 aromatic heterocycles. The van der Waals surface area contributed by atoms with Gasteiger partial charge in [0.15, 0.2) is 0 Å². The molecule has 0 saturated carbocycles. The molecular formula is C61H47NO2. The molecule has 0 amide bonds. The molecule has 0 unspecified atom stereocenters. The van der Waals surface area contributed by atoms with Crippen LogP contribution < -0.4 is 4.90 Å². The predicted octanol–water partition coefficient (Wildman–Crippen LogP) is 17.6. The molecule has 1 aliphatic carbocycles. The molecule has 3 nitrogen and oxygen atoms in total. The van der Waals surface area contributed by atoms with Crippen LogP contribution in [0.4, 0.5) is 17.1 Å². The third-order valence-electron chi connectivity index (χ3n) is 13.7. The van der Waals surface area contributed by atoms with Gasteiger partial charge in [-0.05, 0) is 110 Å². The molecule has 3 heteroatoms. The van der Waals surface area contributed by atoms with Gasteiger partial charge >= 0.3 is 0 Å². The first kappa shape index (κ1) is 38.1. The Bertz CT molecular complexity index is 3610. The van der Waals surface area contributed by atoms with Crippen LogP contribution in [0, 0.1) is 0 Å². The van der Waals surface area contributed by atoms with E-state index in [-0.39, 0.29) is 10.8 Å². The van der Waals surface area contributed by atoms with Crippen LogP contribution in [0.1, 0.15) is 51.3 Å². The fourth-order valence-electron chi connectivity index (χ4n) is 10.2. The summed E-state index contributed by atoms with van der Waals surface area (Å²) in [6, 6.07) is 70.3. The van der Waals surface area contributed by atoms with Gasteiger partial charge in [0.05, 0.1) is 0 Å². The molecule has 0 N–H and O–H groups in total. The summed E-state index contributed by atoms with van der Waals surface area (Å²) in [5.74, 6) is 0. The third-order valence-corrected chi connectivity index (χ3v) is 13.7. The van der Waals surface area contributed by atoms with Crippen molar-refractivity contribution in [2.75, 3.05) is 4.90 Å². The number of nitrogens with zero attached hydrogens (tertiary/aromatic N) is 1. The molecule has 0 atom stereocenters. The standard InChI is InChI=1S/C61H47NO2/c1-60(2,3)42-28-33-48-53-36-40(27-34-54(53)61(4,5)55(48)37-42)38-23-29-43(30-24-38)62(44-31-25-39(26-32-44)46-17-11-19-51-49-15-6-8-21-56(49)63-58(46)51)45-14-10-13-41(35-45)47-18-12-20-52-50-16-7-9-22-57(50)64-59(47)52/h6-37H,1-5H3. The summed E-state index contributed by atoms with van der Waals surface area (Å²) in [6.45, 7) is 11.6. The average Bonchev–Trinajstić information content (AvgIpc) is 3.97. The summed E-state index contributed by atoms with van der Waals surface area (Å²) in [4.78, 5) is 2.35. The van der Waals surface area contributed by atoms with E-state index in [0.717, 1.165) is 83.2 Å². The Kier molecular flexibility index (Phi) is 8.45. The highest BCUT2D eigenvalue weighted by molar-refractivity contribution is 6.11. The van der Waals surface area contributed by atoms with E-state index in [1.165, 1.54) is 38.9 Å². The Morgan fingerprint density at radius 2 is 0.922 bits per heavy atom. The van der Waals surface area contributed by atoms with Crippen molar-refractivity contribution in [3.63, 3.8) is 0 Å². The van der Waals surface area contributed by atoms with Gasteiger partial charge in [0.1, 0.15) is 22.3 Å². The van der Waals surface area contributed by atoms with E-state index in [0.29, 0.717) is 0 Å². The predicted molar refractivity (Wildman–Crippen MR) is 268 cm³/mol. The summed E-state index contributed by atoms with van der Waals surface area (Å²) in [5, 5.41) is 4.50. The topological polar surface area (TPSA) is 29.5 Å². The molecule has 1 aliphatic rings. The van der Waals surface area contributed by atoms with E-state index in [9.17, 15) is 0 Å². The zero-order chi connectivity index (χ0) is 43.3. The molecule has 0 spiro atoms. The molecule has 12 rings (SSSR count). The van der Waals surface area contributed by atoms with Crippen molar-refractivity contribution in [3.05, 3.63) is 211 Å². The van der Waals surface area contributed by atoms with Crippen molar-refractivity contribution in [2.45, 2.75) is 45.4 Å². The Morgan fingerprint density at radius 1 is 0.375 bits per heavy atom. The van der Waals surface area contributed by atoms with Crippen molar-refractivity contribution in [1.82, 2.24) is 0 Å². The van der Waals surface area contributed by atoms with Gasteiger partial charge in [-0.25, -0.2) is 0 Å². The lowest BCUT2D eigenvalue weighted by atomic mass is 9.79. The van der Waals surface area contributed by atoms with Gasteiger partial charge in [-0.3, -0.25) is 0 Å². The number of hydrogen-bond acceptors (Lipinski definition) is 3. The first-order valence-electron chi connectivity index (χ1n) is 22.3. The van der Waals surface area contributed by atoms with Gasteiger partial charge in [0.25, 0.3) is 0 Å². The van der Waals surface area contributed by atoms with Gasteiger partial charge in [-0.2, -0.15) is 0 Å². The van der Waals surface area contributed by atoms with Gasteiger partial charge < -0.3 is 13.7 Å². The Balaban J connectivity index is 0.954. The molecular weight excluding hydrogens is 779 g/mol. The maximum atomic E-state index is 6.52. The molecule has 0 bridgehead atoms. The number of rotatable bonds is 6. The Hall–Kier alpha value is -7.62. The lowest BCUT2D eigenvalue weighted by Gasteiger charge is -2.26. The van der Waals surface area contributed by atoms with Gasteiger partial charge in [0.2, 0.25) is 0 Å². The highest BCUT2D eigenvalue weighted by Gasteiger charge is 2.36. The van der Waals surface area contributed by atoms with E-state index in [2.05, 4.69) is 209 Å². The number of benzene rings is 9. The van der Waals surface area contributed by atoms with Crippen LogP contribution in [0.15, 0.2) is 203 Å². The maximum Gasteiger partial charge on any atom is 0.143 e. The number of hydrogen-bond donors (Lipinski definition) is 0. The van der Waals surface area contributed by atoms with Crippen molar-refractivity contribution >= 4 is 60.9 Å². The highest BCUT2D eigenvalue weighted by atomic mass is 16.3. The lowest BCUT2D eigenvalue weighted by Crippen LogP contribution is -2.17. The number of fused-ring (bicyclic) bond motifs is 9. The third kappa shape index (κ3) is 6.02. The summed E-state index contributed by atoms with van der Waals surface area (Å²) in [6.07, 6.45) is 0. The molecule has 0 saturated heterocycles. The Morgan fingerprint density at radius 3 is 1.55 bits per heavy atom. The van der Waals surface area contributed by atoms with E-state index in [1.807, 2.05) is 24.3 Å². The van der Waals surface area contributed by atoms with Crippen LogP contribution in [0.3, 0.4) is 0 Å². The second kappa shape index (κ2) is 14.2. The van der Waals surface area contributed by atoms with Crippen molar-refractivity contribution in [3.8, 4) is 44.5 Å². The van der Waals surface area contributed by atoms with Crippen molar-refractivity contribution in [1.29, 1.82) is 0 Å². The summed E-state index contributed by atoms with van der Waals surface area (Å²) >= 11 is 0. The van der Waals surface area contributed by atoms with Gasteiger partial charge in [-0.1, -0.05) is 174 Å². The molecule has 11 aromatic rings.